The maximum atomic E-state index is 13.1. The van der Waals surface area contributed by atoms with E-state index in [1.165, 1.54) is 5.56 Å². The average molecular weight is 382 g/mol. The second-order valence-electron chi connectivity index (χ2n) is 8.76. The van der Waals surface area contributed by atoms with Crippen LogP contribution in [0.25, 0.3) is 11.0 Å². The van der Waals surface area contributed by atoms with E-state index in [1.54, 1.807) is 0 Å². The van der Waals surface area contributed by atoms with Gasteiger partial charge in [0.25, 0.3) is 0 Å². The Bertz CT molecular complexity index is 891. The quantitative estimate of drug-likeness (QED) is 0.832. The molecule has 0 radical (unpaired) electrons. The fourth-order valence-corrected chi connectivity index (χ4v) is 3.30. The van der Waals surface area contributed by atoms with Crippen LogP contribution in [0.5, 0.6) is 0 Å². The molecule has 1 aliphatic heterocycles. The van der Waals surface area contributed by atoms with Gasteiger partial charge in [0.15, 0.2) is 0 Å². The maximum Gasteiger partial charge on any atom is 0.394 e. The van der Waals surface area contributed by atoms with Crippen molar-refractivity contribution in [1.29, 1.82) is 0 Å². The first kappa shape index (κ1) is 19.7. The van der Waals surface area contributed by atoms with E-state index in [9.17, 15) is 18.0 Å². The van der Waals surface area contributed by atoms with E-state index < -0.39 is 29.5 Å². The number of nitrogens with zero attached hydrogens (tertiary/aromatic N) is 2. The minimum absolute atomic E-state index is 0.275. The van der Waals surface area contributed by atoms with E-state index in [2.05, 4.69) is 15.6 Å². The minimum atomic E-state index is -4.46. The molecule has 0 atom stereocenters. The number of rotatable bonds is 3. The van der Waals surface area contributed by atoms with Gasteiger partial charge in [0, 0.05) is 25.0 Å². The van der Waals surface area contributed by atoms with Gasteiger partial charge in [0.05, 0.1) is 16.4 Å². The number of aromatic nitrogens is 2. The number of hydrogen-bond donors (Lipinski definition) is 2. The first-order valence-electron chi connectivity index (χ1n) is 8.92. The zero-order chi connectivity index (χ0) is 20.2. The third-order valence-electron chi connectivity index (χ3n) is 4.90. The number of anilines is 1. The van der Waals surface area contributed by atoms with Crippen molar-refractivity contribution in [2.24, 2.45) is 5.41 Å². The number of carbonyl (C=O) groups is 1. The van der Waals surface area contributed by atoms with Crippen molar-refractivity contribution in [1.82, 2.24) is 14.9 Å². The van der Waals surface area contributed by atoms with Crippen LogP contribution >= 0.6 is 0 Å². The van der Waals surface area contributed by atoms with Crippen LogP contribution in [0, 0.1) is 5.41 Å². The Morgan fingerprint density at radius 3 is 2.30 bits per heavy atom. The monoisotopic (exact) mass is 382 g/mol. The summed E-state index contributed by atoms with van der Waals surface area (Å²) in [5, 5.41) is 5.89. The zero-order valence-electron chi connectivity index (χ0n) is 16.2. The Morgan fingerprint density at radius 2 is 1.74 bits per heavy atom. The van der Waals surface area contributed by atoms with E-state index in [-0.39, 0.29) is 5.95 Å². The molecule has 8 heteroatoms. The molecule has 2 aromatic rings. The molecule has 1 aromatic heterocycles. The van der Waals surface area contributed by atoms with Crippen LogP contribution in [0.1, 0.15) is 52.2 Å². The van der Waals surface area contributed by atoms with E-state index in [1.807, 2.05) is 37.5 Å². The maximum absolute atomic E-state index is 13.1. The highest BCUT2D eigenvalue weighted by molar-refractivity contribution is 5.92. The highest BCUT2D eigenvalue weighted by atomic mass is 19.4. The fraction of sp³-hybridized carbons (Fsp3) is 0.579. The van der Waals surface area contributed by atoms with Gasteiger partial charge < -0.3 is 9.88 Å². The average Bonchev–Trinajstić information content (AvgIpc) is 3.04. The number of benzene rings is 1. The summed E-state index contributed by atoms with van der Waals surface area (Å²) < 4.78 is 41.2. The summed E-state index contributed by atoms with van der Waals surface area (Å²) in [6.45, 7) is 9.48. The van der Waals surface area contributed by atoms with E-state index >= 15 is 0 Å². The van der Waals surface area contributed by atoms with Gasteiger partial charge in [-0.2, -0.15) is 13.2 Å². The lowest BCUT2D eigenvalue weighted by molar-refractivity contribution is -0.213. The predicted molar refractivity (Wildman–Crippen MR) is 98.4 cm³/mol. The highest BCUT2D eigenvalue weighted by Crippen LogP contribution is 2.40. The molecule has 2 N–H and O–H groups in total. The molecular formula is C19H25F3N4O. The third-order valence-corrected chi connectivity index (χ3v) is 4.90. The summed E-state index contributed by atoms with van der Waals surface area (Å²) in [7, 11) is 0. The predicted octanol–water partition coefficient (Wildman–Crippen LogP) is 4.31. The lowest BCUT2D eigenvalue weighted by Gasteiger charge is -2.28. The van der Waals surface area contributed by atoms with Crippen LogP contribution in [0.4, 0.5) is 19.1 Å². The lowest BCUT2D eigenvalue weighted by Crippen LogP contribution is -2.36. The van der Waals surface area contributed by atoms with Crippen molar-refractivity contribution < 1.29 is 18.0 Å². The molecule has 0 fully saturated rings. The Hall–Kier alpha value is -2.09. The lowest BCUT2D eigenvalue weighted by atomic mass is 9.88. The molecule has 148 valence electrons. The molecule has 27 heavy (non-hydrogen) atoms. The van der Waals surface area contributed by atoms with Crippen LogP contribution in [0.2, 0.25) is 0 Å². The Balaban J connectivity index is 1.98. The van der Waals surface area contributed by atoms with Crippen molar-refractivity contribution in [3.63, 3.8) is 0 Å². The summed E-state index contributed by atoms with van der Waals surface area (Å²) in [5.41, 5.74) is 1.38. The first-order valence-corrected chi connectivity index (χ1v) is 8.92. The second-order valence-corrected chi connectivity index (χ2v) is 8.76. The number of alkyl halides is 3. The molecule has 1 amide bonds. The molecule has 0 saturated carbocycles. The molecule has 5 nitrogen and oxygen atoms in total. The molecule has 0 spiro atoms. The van der Waals surface area contributed by atoms with Gasteiger partial charge in [-0.3, -0.25) is 10.1 Å². The summed E-state index contributed by atoms with van der Waals surface area (Å²) in [5.74, 6) is -0.426. The summed E-state index contributed by atoms with van der Waals surface area (Å²) >= 11 is 0. The highest BCUT2D eigenvalue weighted by Gasteiger charge is 2.48. The van der Waals surface area contributed by atoms with Crippen molar-refractivity contribution in [3.05, 3.63) is 23.3 Å². The van der Waals surface area contributed by atoms with Crippen molar-refractivity contribution in [2.75, 3.05) is 5.32 Å². The van der Waals surface area contributed by atoms with Gasteiger partial charge >= 0.3 is 6.18 Å². The summed E-state index contributed by atoms with van der Waals surface area (Å²) in [6, 6.07) is 4.01. The van der Waals surface area contributed by atoms with E-state index in [0.29, 0.717) is 0 Å². The molecule has 3 rings (SSSR count). The van der Waals surface area contributed by atoms with E-state index in [0.717, 1.165) is 43.5 Å². The van der Waals surface area contributed by atoms with Gasteiger partial charge in [0.2, 0.25) is 11.9 Å². The molecule has 0 aliphatic carbocycles. The largest absolute Gasteiger partial charge is 0.394 e. The van der Waals surface area contributed by atoms with Crippen LogP contribution < -0.4 is 10.6 Å². The van der Waals surface area contributed by atoms with Crippen molar-refractivity contribution in [3.8, 4) is 0 Å². The van der Waals surface area contributed by atoms with Crippen LogP contribution in [0.15, 0.2) is 12.1 Å². The molecule has 0 saturated heterocycles. The smallest absolute Gasteiger partial charge is 0.309 e. The Labute approximate surface area is 156 Å². The van der Waals surface area contributed by atoms with Gasteiger partial charge in [-0.15, -0.1) is 0 Å². The van der Waals surface area contributed by atoms with Crippen molar-refractivity contribution in [2.45, 2.75) is 65.8 Å². The summed E-state index contributed by atoms with van der Waals surface area (Å²) in [6.07, 6.45) is -5.12. The molecule has 1 aliphatic rings. The van der Waals surface area contributed by atoms with Crippen LogP contribution in [0.3, 0.4) is 0 Å². The van der Waals surface area contributed by atoms with Gasteiger partial charge in [-0.25, -0.2) is 4.98 Å². The number of hydrogen-bond acceptors (Lipinski definition) is 3. The summed E-state index contributed by atoms with van der Waals surface area (Å²) in [4.78, 5) is 16.9. The Kier molecular flexibility index (Phi) is 4.53. The standard InChI is InChI=1S/C19H25F3N4O/c1-17(2,3)26-14-7-12-10-23-9-11(12)6-13(14)24-16(26)25-15(27)8-18(4,5)19(20,21)22/h6-7,23H,8-10H2,1-5H3,(H,24,25,27). The number of carbonyl (C=O) groups excluding carboxylic acids is 1. The normalized spacial score (nSPS) is 15.3. The first-order chi connectivity index (χ1) is 12.3. The van der Waals surface area contributed by atoms with Gasteiger partial charge in [0.1, 0.15) is 0 Å². The number of imidazole rings is 1. The van der Waals surface area contributed by atoms with Gasteiger partial charge in [-0.1, -0.05) is 13.8 Å². The third kappa shape index (κ3) is 3.67. The Morgan fingerprint density at radius 1 is 1.15 bits per heavy atom. The van der Waals surface area contributed by atoms with Gasteiger partial charge in [-0.05, 0) is 44.0 Å². The van der Waals surface area contributed by atoms with Crippen LogP contribution in [-0.4, -0.2) is 21.6 Å². The molecule has 0 bridgehead atoms. The number of halogens is 3. The number of nitrogens with one attached hydrogen (secondary N) is 2. The number of fused-ring (bicyclic) bond motifs is 2. The van der Waals surface area contributed by atoms with Crippen molar-refractivity contribution >= 4 is 22.9 Å². The molecule has 0 unspecified atom stereocenters. The topological polar surface area (TPSA) is 59.0 Å². The molecular weight excluding hydrogens is 357 g/mol. The van der Waals surface area contributed by atoms with Crippen LogP contribution in [-0.2, 0) is 23.4 Å². The zero-order valence-corrected chi connectivity index (χ0v) is 16.2. The fourth-order valence-electron chi connectivity index (χ4n) is 3.30. The second kappa shape index (κ2) is 6.22. The molecule has 1 aromatic carbocycles. The minimum Gasteiger partial charge on any atom is -0.309 e. The van der Waals surface area contributed by atoms with E-state index in [4.69, 9.17) is 0 Å². The SMILES string of the molecule is CC(C)(C)n1c(NC(=O)CC(C)(C)C(F)(F)F)nc2cc3c(cc21)CNC3. The number of amides is 1. The molecule has 2 heterocycles.